The molecule has 4 rings (SSSR count). The van der Waals surface area contributed by atoms with Gasteiger partial charge in [-0.15, -0.1) is 11.3 Å². The minimum Gasteiger partial charge on any atom is -0.383 e. The molecule has 0 spiro atoms. The van der Waals surface area contributed by atoms with Gasteiger partial charge in [-0.25, -0.2) is 9.97 Å². The van der Waals surface area contributed by atoms with E-state index in [9.17, 15) is 10.1 Å². The second kappa shape index (κ2) is 7.03. The Kier molecular flexibility index (Phi) is 4.56. The van der Waals surface area contributed by atoms with E-state index >= 15 is 0 Å². The van der Waals surface area contributed by atoms with Crippen LogP contribution in [0.1, 0.15) is 40.2 Å². The minimum atomic E-state index is -0.109. The van der Waals surface area contributed by atoms with E-state index in [1.54, 1.807) is 11.3 Å². The summed E-state index contributed by atoms with van der Waals surface area (Å²) in [5, 5.41) is 19.4. The first kappa shape index (κ1) is 17.5. The number of anilines is 1. The lowest BCUT2D eigenvalue weighted by atomic mass is 9.97. The number of thiophene rings is 1. The number of aromatic nitrogens is 3. The molecular formula is C18H14N6OS2. The Morgan fingerprint density at radius 2 is 2.00 bits per heavy atom. The van der Waals surface area contributed by atoms with E-state index in [2.05, 4.69) is 15.0 Å². The van der Waals surface area contributed by atoms with Gasteiger partial charge in [-0.1, -0.05) is 11.8 Å². The molecule has 3 aromatic heterocycles. The molecule has 1 aliphatic carbocycles. The lowest BCUT2D eigenvalue weighted by molar-refractivity contribution is 0.700. The number of nitriles is 2. The van der Waals surface area contributed by atoms with Crippen LogP contribution in [-0.4, -0.2) is 15.0 Å². The highest BCUT2D eigenvalue weighted by Gasteiger charge is 2.20. The molecule has 134 valence electrons. The number of thioether (sulfide) groups is 1. The van der Waals surface area contributed by atoms with Crippen molar-refractivity contribution in [3.63, 3.8) is 0 Å². The highest BCUT2D eigenvalue weighted by Crippen LogP contribution is 2.34. The highest BCUT2D eigenvalue weighted by atomic mass is 32.2. The van der Waals surface area contributed by atoms with E-state index in [1.165, 1.54) is 22.7 Å². The van der Waals surface area contributed by atoms with Gasteiger partial charge in [0, 0.05) is 4.88 Å². The van der Waals surface area contributed by atoms with E-state index < -0.39 is 0 Å². The van der Waals surface area contributed by atoms with Crippen molar-refractivity contribution in [1.29, 1.82) is 10.5 Å². The second-order valence-electron chi connectivity index (χ2n) is 6.19. The normalized spacial score (nSPS) is 13.1. The molecule has 9 heteroatoms. The van der Waals surface area contributed by atoms with Crippen molar-refractivity contribution in [2.45, 2.75) is 36.5 Å². The predicted molar refractivity (Wildman–Crippen MR) is 105 cm³/mol. The first-order valence-electron chi connectivity index (χ1n) is 8.37. The van der Waals surface area contributed by atoms with E-state index in [1.807, 2.05) is 12.1 Å². The monoisotopic (exact) mass is 394 g/mol. The number of nitrogens with one attached hydrogen (secondary N) is 1. The van der Waals surface area contributed by atoms with Gasteiger partial charge in [0.1, 0.15) is 33.6 Å². The molecule has 7 nitrogen and oxygen atoms in total. The Labute approximate surface area is 162 Å². The third-order valence-electron chi connectivity index (χ3n) is 4.48. The zero-order valence-corrected chi connectivity index (χ0v) is 15.8. The fraction of sp³-hybridized carbons (Fsp3) is 0.278. The SMILES string of the molecule is N#Cc1cc(C#N)c(SCc2nc3sc4c(c3c(=O)[nH]2)CCCC4)nc1N. The summed E-state index contributed by atoms with van der Waals surface area (Å²) in [7, 11) is 0. The molecule has 0 amide bonds. The van der Waals surface area contributed by atoms with Gasteiger partial charge in [0.05, 0.1) is 22.3 Å². The fourth-order valence-corrected chi connectivity index (χ4v) is 5.32. The first-order chi connectivity index (χ1) is 13.1. The van der Waals surface area contributed by atoms with E-state index in [0.717, 1.165) is 41.5 Å². The number of pyridine rings is 1. The topological polar surface area (TPSA) is 132 Å². The molecule has 0 saturated carbocycles. The molecule has 3 heterocycles. The van der Waals surface area contributed by atoms with Crippen molar-refractivity contribution in [1.82, 2.24) is 15.0 Å². The van der Waals surface area contributed by atoms with Crippen LogP contribution in [0, 0.1) is 22.7 Å². The summed E-state index contributed by atoms with van der Waals surface area (Å²) in [5.74, 6) is 0.965. The second-order valence-corrected chi connectivity index (χ2v) is 8.24. The summed E-state index contributed by atoms with van der Waals surface area (Å²) in [6.45, 7) is 0. The Bertz CT molecular complexity index is 1200. The van der Waals surface area contributed by atoms with Crippen molar-refractivity contribution in [2.75, 3.05) is 5.73 Å². The number of fused-ring (bicyclic) bond motifs is 3. The third kappa shape index (κ3) is 3.16. The van der Waals surface area contributed by atoms with Gasteiger partial charge < -0.3 is 10.7 Å². The smallest absolute Gasteiger partial charge is 0.259 e. The summed E-state index contributed by atoms with van der Waals surface area (Å²) in [6, 6.07) is 5.37. The van der Waals surface area contributed by atoms with Gasteiger partial charge in [0.2, 0.25) is 0 Å². The quantitative estimate of drug-likeness (QED) is 0.653. The maximum Gasteiger partial charge on any atom is 0.259 e. The van der Waals surface area contributed by atoms with Crippen molar-refractivity contribution in [3.05, 3.63) is 43.8 Å². The molecule has 0 unspecified atom stereocenters. The van der Waals surface area contributed by atoms with E-state index in [4.69, 9.17) is 11.0 Å². The van der Waals surface area contributed by atoms with Crippen molar-refractivity contribution in [2.24, 2.45) is 0 Å². The largest absolute Gasteiger partial charge is 0.383 e. The molecule has 0 radical (unpaired) electrons. The molecule has 3 N–H and O–H groups in total. The van der Waals surface area contributed by atoms with Crippen LogP contribution in [-0.2, 0) is 18.6 Å². The molecular weight excluding hydrogens is 380 g/mol. The lowest BCUT2D eigenvalue weighted by Gasteiger charge is -2.09. The zero-order valence-electron chi connectivity index (χ0n) is 14.2. The van der Waals surface area contributed by atoms with Gasteiger partial charge in [0.25, 0.3) is 5.56 Å². The number of nitrogen functional groups attached to an aromatic ring is 1. The number of hydrogen-bond acceptors (Lipinski definition) is 8. The van der Waals surface area contributed by atoms with Crippen LogP contribution >= 0.6 is 23.1 Å². The van der Waals surface area contributed by atoms with E-state index in [-0.39, 0.29) is 22.5 Å². The molecule has 0 bridgehead atoms. The Morgan fingerprint density at radius 1 is 1.22 bits per heavy atom. The maximum absolute atomic E-state index is 12.6. The molecule has 0 saturated heterocycles. The number of rotatable bonds is 3. The number of nitrogens with two attached hydrogens (primary N) is 1. The fourth-order valence-electron chi connectivity index (χ4n) is 3.20. The van der Waals surface area contributed by atoms with Crippen molar-refractivity contribution >= 4 is 39.1 Å². The molecule has 3 aromatic rings. The minimum absolute atomic E-state index is 0.0850. The molecule has 0 aliphatic heterocycles. The summed E-state index contributed by atoms with van der Waals surface area (Å²) >= 11 is 2.86. The van der Waals surface area contributed by atoms with Crippen LogP contribution in [0.3, 0.4) is 0 Å². The average Bonchev–Trinajstić information content (AvgIpc) is 3.05. The summed E-state index contributed by atoms with van der Waals surface area (Å²) in [5.41, 5.74) is 7.25. The van der Waals surface area contributed by atoms with Gasteiger partial charge in [-0.2, -0.15) is 10.5 Å². The molecule has 0 atom stereocenters. The standard InChI is InChI=1S/C18H14N6OS2/c19-6-9-5-10(7-20)17(24-15(9)21)26-8-13-22-16(25)14-11-3-1-2-4-12(11)27-18(14)23-13/h5H,1-4,8H2,(H2,21,24)(H,22,23,25). The van der Waals surface area contributed by atoms with Gasteiger partial charge >= 0.3 is 0 Å². The number of aromatic amines is 1. The van der Waals surface area contributed by atoms with E-state index in [0.29, 0.717) is 16.6 Å². The van der Waals surface area contributed by atoms with Crippen LogP contribution in [0.5, 0.6) is 0 Å². The maximum atomic E-state index is 12.6. The molecule has 0 fully saturated rings. The average molecular weight is 394 g/mol. The number of nitrogens with zero attached hydrogens (tertiary/aromatic N) is 4. The lowest BCUT2D eigenvalue weighted by Crippen LogP contribution is -2.12. The van der Waals surface area contributed by atoms with Gasteiger partial charge in [0.15, 0.2) is 0 Å². The van der Waals surface area contributed by atoms with Gasteiger partial charge in [-0.05, 0) is 37.3 Å². The Hall–Kier alpha value is -2.88. The van der Waals surface area contributed by atoms with Gasteiger partial charge in [-0.3, -0.25) is 4.79 Å². The summed E-state index contributed by atoms with van der Waals surface area (Å²) in [6.07, 6.45) is 4.22. The summed E-state index contributed by atoms with van der Waals surface area (Å²) < 4.78 is 0. The predicted octanol–water partition coefficient (Wildman–Crippen LogP) is 2.88. The van der Waals surface area contributed by atoms with Crippen LogP contribution in [0.25, 0.3) is 10.2 Å². The third-order valence-corrected chi connectivity index (χ3v) is 6.67. The van der Waals surface area contributed by atoms with Crippen LogP contribution in [0.4, 0.5) is 5.82 Å². The van der Waals surface area contributed by atoms with Crippen molar-refractivity contribution < 1.29 is 0 Å². The van der Waals surface area contributed by atoms with Crippen molar-refractivity contribution in [3.8, 4) is 12.1 Å². The number of H-pyrrole nitrogens is 1. The van der Waals surface area contributed by atoms with Crippen LogP contribution in [0.2, 0.25) is 0 Å². The molecule has 1 aliphatic rings. The highest BCUT2D eigenvalue weighted by molar-refractivity contribution is 7.98. The number of hydrogen-bond donors (Lipinski definition) is 2. The summed E-state index contributed by atoms with van der Waals surface area (Å²) in [4.78, 5) is 26.2. The Balaban J connectivity index is 1.66. The Morgan fingerprint density at radius 3 is 2.78 bits per heavy atom. The number of aryl methyl sites for hydroxylation is 2. The van der Waals surface area contributed by atoms with Crippen LogP contribution in [0.15, 0.2) is 15.9 Å². The van der Waals surface area contributed by atoms with Crippen LogP contribution < -0.4 is 11.3 Å². The first-order valence-corrected chi connectivity index (χ1v) is 10.2. The molecule has 27 heavy (non-hydrogen) atoms. The molecule has 0 aromatic carbocycles. The zero-order chi connectivity index (χ0) is 19.0.